The fourth-order valence-electron chi connectivity index (χ4n) is 3.55. The zero-order chi connectivity index (χ0) is 23.6. The number of nitrogens with zero attached hydrogens (tertiary/aromatic N) is 1. The Balaban J connectivity index is 1.57. The van der Waals surface area contributed by atoms with Crippen molar-refractivity contribution in [3.8, 4) is 5.75 Å². The minimum absolute atomic E-state index is 0.172. The summed E-state index contributed by atoms with van der Waals surface area (Å²) in [5.74, 6) is 1.41. The lowest BCUT2D eigenvalue weighted by Crippen LogP contribution is -2.43. The molecule has 2 aromatic carbocycles. The van der Waals surface area contributed by atoms with E-state index in [0.717, 1.165) is 42.7 Å². The minimum Gasteiger partial charge on any atom is -0.544 e. The van der Waals surface area contributed by atoms with E-state index in [1.54, 1.807) is 24.3 Å². The van der Waals surface area contributed by atoms with Gasteiger partial charge < -0.3 is 4.43 Å². The number of hydrazone groups is 1. The predicted molar refractivity (Wildman–Crippen MR) is 134 cm³/mol. The number of hydrogen-bond acceptors (Lipinski definition) is 4. The molecule has 0 heterocycles. The molecule has 1 aliphatic rings. The molecule has 2 aromatic rings. The third-order valence-corrected chi connectivity index (χ3v) is 12.3. The third-order valence-electron chi connectivity index (χ3n) is 6.75. The van der Waals surface area contributed by atoms with Gasteiger partial charge in [0.1, 0.15) is 5.75 Å². The highest BCUT2D eigenvalue weighted by Crippen LogP contribution is 2.38. The first-order valence-electron chi connectivity index (χ1n) is 11.3. The van der Waals surface area contributed by atoms with Crippen molar-refractivity contribution in [2.45, 2.75) is 82.3 Å². The lowest BCUT2D eigenvalue weighted by atomic mass is 9.83. The van der Waals surface area contributed by atoms with Crippen LogP contribution in [0.25, 0.3) is 0 Å². The highest BCUT2D eigenvalue weighted by molar-refractivity contribution is 7.89. The van der Waals surface area contributed by atoms with E-state index >= 15 is 0 Å². The Morgan fingerprint density at radius 3 is 2.06 bits per heavy atom. The van der Waals surface area contributed by atoms with Gasteiger partial charge in [-0.1, -0.05) is 50.6 Å². The van der Waals surface area contributed by atoms with Crippen molar-refractivity contribution in [2.24, 2.45) is 5.10 Å². The third kappa shape index (κ3) is 6.01. The van der Waals surface area contributed by atoms with E-state index in [-0.39, 0.29) is 9.93 Å². The van der Waals surface area contributed by atoms with Gasteiger partial charge in [-0.15, -0.1) is 0 Å². The molecule has 0 bridgehead atoms. The van der Waals surface area contributed by atoms with Crippen molar-refractivity contribution in [1.29, 1.82) is 0 Å². The molecule has 1 fully saturated rings. The maximum Gasteiger partial charge on any atom is 0.276 e. The standard InChI is InChI=1S/C25H36N2O3SSi/c1-19-7-17-24(18-8-19)31(28,29)27-26-22-13-9-20(10-14-22)21-11-15-23(16-12-21)30-32(5,6)25(2,3)4/h7-8,11-12,15-18,20,27H,9-10,13-14H2,1-6H3. The largest absolute Gasteiger partial charge is 0.544 e. The van der Waals surface area contributed by atoms with Crippen molar-refractivity contribution in [3.63, 3.8) is 0 Å². The van der Waals surface area contributed by atoms with Crippen LogP contribution in [-0.4, -0.2) is 22.4 Å². The number of sulfonamides is 1. The van der Waals surface area contributed by atoms with Crippen LogP contribution in [0.4, 0.5) is 0 Å². The van der Waals surface area contributed by atoms with Crippen molar-refractivity contribution in [2.75, 3.05) is 0 Å². The van der Waals surface area contributed by atoms with E-state index in [4.69, 9.17) is 4.43 Å². The molecule has 0 aromatic heterocycles. The SMILES string of the molecule is Cc1ccc(S(=O)(=O)NN=C2CCC(c3ccc(O[Si](C)(C)C(C)(C)C)cc3)CC2)cc1. The summed E-state index contributed by atoms with van der Waals surface area (Å²) in [6.45, 7) is 13.2. The van der Waals surface area contributed by atoms with Crippen LogP contribution < -0.4 is 9.26 Å². The molecule has 0 aliphatic heterocycles. The van der Waals surface area contributed by atoms with Crippen LogP contribution >= 0.6 is 0 Å². The van der Waals surface area contributed by atoms with Crippen LogP contribution in [0.1, 0.15) is 63.5 Å². The summed E-state index contributed by atoms with van der Waals surface area (Å²) in [5, 5.41) is 4.39. The second kappa shape index (κ2) is 9.39. The highest BCUT2D eigenvalue weighted by atomic mass is 32.2. The molecule has 0 atom stereocenters. The first kappa shape index (κ1) is 24.5. The maximum atomic E-state index is 12.4. The van der Waals surface area contributed by atoms with E-state index in [0.29, 0.717) is 5.92 Å². The average molecular weight is 473 g/mol. The van der Waals surface area contributed by atoms with Crippen LogP contribution in [-0.2, 0) is 10.0 Å². The molecule has 1 aliphatic carbocycles. The number of rotatable bonds is 6. The van der Waals surface area contributed by atoms with E-state index in [1.165, 1.54) is 5.56 Å². The Bertz CT molecular complexity index is 1040. The van der Waals surface area contributed by atoms with Gasteiger partial charge in [0.2, 0.25) is 8.32 Å². The summed E-state index contributed by atoms with van der Waals surface area (Å²) >= 11 is 0. The fraction of sp³-hybridized carbons (Fsp3) is 0.480. The number of benzene rings is 2. The van der Waals surface area contributed by atoms with Crippen LogP contribution in [0, 0.1) is 6.92 Å². The van der Waals surface area contributed by atoms with Gasteiger partial charge in [0.05, 0.1) is 4.90 Å². The predicted octanol–water partition coefficient (Wildman–Crippen LogP) is 6.37. The Labute approximate surface area is 194 Å². The van der Waals surface area contributed by atoms with Crippen molar-refractivity contribution >= 4 is 24.1 Å². The molecule has 0 saturated heterocycles. The molecule has 3 rings (SSSR count). The average Bonchev–Trinajstić information content (AvgIpc) is 2.73. The Morgan fingerprint density at radius 2 is 1.53 bits per heavy atom. The first-order chi connectivity index (χ1) is 14.9. The van der Waals surface area contributed by atoms with Gasteiger partial charge in [-0.3, -0.25) is 0 Å². The molecule has 0 amide bonds. The Morgan fingerprint density at radius 1 is 0.969 bits per heavy atom. The van der Waals surface area contributed by atoms with E-state index < -0.39 is 18.3 Å². The van der Waals surface area contributed by atoms with Gasteiger partial charge in [-0.05, 0) is 86.5 Å². The summed E-state index contributed by atoms with van der Waals surface area (Å²) < 4.78 is 31.3. The summed E-state index contributed by atoms with van der Waals surface area (Å²) in [6.07, 6.45) is 3.52. The Hall–Kier alpha value is -2.12. The monoisotopic (exact) mass is 472 g/mol. The number of nitrogens with one attached hydrogen (secondary N) is 1. The molecule has 7 heteroatoms. The summed E-state index contributed by atoms with van der Waals surface area (Å²) in [4.78, 5) is 2.65. The van der Waals surface area contributed by atoms with Gasteiger partial charge in [0, 0.05) is 5.71 Å². The zero-order valence-electron chi connectivity index (χ0n) is 20.1. The molecule has 1 saturated carbocycles. The van der Waals surface area contributed by atoms with Crippen LogP contribution in [0.5, 0.6) is 5.75 Å². The smallest absolute Gasteiger partial charge is 0.276 e. The van der Waals surface area contributed by atoms with Gasteiger partial charge in [0.15, 0.2) is 0 Å². The molecule has 0 spiro atoms. The van der Waals surface area contributed by atoms with Crippen LogP contribution in [0.2, 0.25) is 18.1 Å². The van der Waals surface area contributed by atoms with Crippen LogP contribution in [0.15, 0.2) is 58.5 Å². The lowest BCUT2D eigenvalue weighted by Gasteiger charge is -2.36. The lowest BCUT2D eigenvalue weighted by molar-refractivity contribution is 0.491. The summed E-state index contributed by atoms with van der Waals surface area (Å²) in [7, 11) is -5.46. The second-order valence-electron chi connectivity index (χ2n) is 10.3. The maximum absolute atomic E-state index is 12.4. The van der Waals surface area contributed by atoms with E-state index in [2.05, 4.69) is 68.1 Å². The van der Waals surface area contributed by atoms with Gasteiger partial charge >= 0.3 is 0 Å². The quantitative estimate of drug-likeness (QED) is 0.392. The van der Waals surface area contributed by atoms with Crippen molar-refractivity contribution in [3.05, 3.63) is 59.7 Å². The Kier molecular flexibility index (Phi) is 7.20. The van der Waals surface area contributed by atoms with Crippen molar-refractivity contribution in [1.82, 2.24) is 4.83 Å². The number of aryl methyl sites for hydroxylation is 1. The normalized spacial score (nSPS) is 17.7. The summed E-state index contributed by atoms with van der Waals surface area (Å²) in [6, 6.07) is 15.3. The van der Waals surface area contributed by atoms with Crippen LogP contribution in [0.3, 0.4) is 0 Å². The van der Waals surface area contributed by atoms with Crippen molar-refractivity contribution < 1.29 is 12.8 Å². The van der Waals surface area contributed by atoms with Gasteiger partial charge in [-0.25, -0.2) is 4.83 Å². The summed E-state index contributed by atoms with van der Waals surface area (Å²) in [5.41, 5.74) is 3.25. The van der Waals surface area contributed by atoms with Gasteiger partial charge in [0.25, 0.3) is 10.0 Å². The molecular weight excluding hydrogens is 436 g/mol. The fourth-order valence-corrected chi connectivity index (χ4v) is 5.43. The number of hydrogen-bond donors (Lipinski definition) is 1. The molecule has 5 nitrogen and oxygen atoms in total. The molecule has 0 radical (unpaired) electrons. The molecule has 174 valence electrons. The zero-order valence-corrected chi connectivity index (χ0v) is 21.9. The molecule has 32 heavy (non-hydrogen) atoms. The van der Waals surface area contributed by atoms with E-state index in [1.807, 2.05) is 6.92 Å². The molecular formula is C25H36N2O3SSi. The highest BCUT2D eigenvalue weighted by Gasteiger charge is 2.39. The van der Waals surface area contributed by atoms with E-state index in [9.17, 15) is 8.42 Å². The first-order valence-corrected chi connectivity index (χ1v) is 15.7. The molecule has 1 N–H and O–H groups in total. The minimum atomic E-state index is -3.62. The topological polar surface area (TPSA) is 67.8 Å². The second-order valence-corrected chi connectivity index (χ2v) is 16.7. The van der Waals surface area contributed by atoms with Gasteiger partial charge in [-0.2, -0.15) is 13.5 Å². The molecule has 0 unspecified atom stereocenters.